The number of fused-ring (bicyclic) bond motifs is 2. The van der Waals surface area contributed by atoms with Gasteiger partial charge in [-0.25, -0.2) is 15.0 Å². The van der Waals surface area contributed by atoms with E-state index in [2.05, 4.69) is 15.0 Å². The molecule has 2 heterocycles. The van der Waals surface area contributed by atoms with E-state index in [1.807, 2.05) is 12.1 Å². The van der Waals surface area contributed by atoms with Crippen molar-refractivity contribution in [1.29, 1.82) is 0 Å². The maximum Gasteiger partial charge on any atom is 0.265 e. The van der Waals surface area contributed by atoms with Crippen LogP contribution < -0.4 is 0 Å². The van der Waals surface area contributed by atoms with Crippen LogP contribution in [0.15, 0.2) is 55.1 Å². The van der Waals surface area contributed by atoms with Crippen molar-refractivity contribution in [3.05, 3.63) is 65.7 Å². The van der Waals surface area contributed by atoms with Crippen LogP contribution in [-0.2, 0) is 0 Å². The number of para-hydroxylation sites is 1. The first-order valence-electron chi connectivity index (χ1n) is 6.61. The zero-order valence-electron chi connectivity index (χ0n) is 11.3. The molecule has 4 aromatic rings. The molecule has 4 rings (SSSR count). The number of imidazole rings is 1. The fraction of sp³-hybridized carbons (Fsp3) is 0. The van der Waals surface area contributed by atoms with Gasteiger partial charge in [0.15, 0.2) is 0 Å². The average molecular weight is 309 g/mol. The van der Waals surface area contributed by atoms with E-state index in [1.165, 1.54) is 10.9 Å². The number of halogens is 1. The smallest absolute Gasteiger partial charge is 0.265 e. The van der Waals surface area contributed by atoms with E-state index in [0.29, 0.717) is 27.1 Å². The number of hydrogen-bond donors (Lipinski definition) is 0. The Morgan fingerprint density at radius 1 is 1.05 bits per heavy atom. The van der Waals surface area contributed by atoms with Crippen LogP contribution >= 0.6 is 11.6 Å². The van der Waals surface area contributed by atoms with Crippen molar-refractivity contribution in [2.24, 2.45) is 0 Å². The lowest BCUT2D eigenvalue weighted by molar-refractivity contribution is 0.0961. The number of carbonyl (C=O) groups is 1. The van der Waals surface area contributed by atoms with Gasteiger partial charge < -0.3 is 0 Å². The van der Waals surface area contributed by atoms with Crippen LogP contribution in [0.4, 0.5) is 0 Å². The second kappa shape index (κ2) is 4.89. The van der Waals surface area contributed by atoms with Gasteiger partial charge in [0.1, 0.15) is 11.8 Å². The molecule has 6 heteroatoms. The summed E-state index contributed by atoms with van der Waals surface area (Å²) in [6.45, 7) is 0. The highest BCUT2D eigenvalue weighted by molar-refractivity contribution is 6.31. The molecule has 0 atom stereocenters. The molecule has 2 aromatic carbocycles. The summed E-state index contributed by atoms with van der Waals surface area (Å²) in [6.07, 6.45) is 4.63. The number of hydrogen-bond acceptors (Lipinski definition) is 4. The Labute approximate surface area is 130 Å². The molecule has 0 saturated carbocycles. The highest BCUT2D eigenvalue weighted by Crippen LogP contribution is 2.22. The first-order valence-corrected chi connectivity index (χ1v) is 6.99. The number of rotatable bonds is 1. The van der Waals surface area contributed by atoms with Crippen molar-refractivity contribution < 1.29 is 4.79 Å². The summed E-state index contributed by atoms with van der Waals surface area (Å²) in [6, 6.07) is 10.7. The van der Waals surface area contributed by atoms with E-state index >= 15 is 0 Å². The van der Waals surface area contributed by atoms with E-state index in [1.54, 1.807) is 36.7 Å². The minimum absolute atomic E-state index is 0.196. The molecule has 0 radical (unpaired) electrons. The number of benzene rings is 2. The molecule has 0 amide bonds. The van der Waals surface area contributed by atoms with Gasteiger partial charge >= 0.3 is 0 Å². The largest absolute Gasteiger partial charge is 0.272 e. The second-order valence-corrected chi connectivity index (χ2v) is 5.24. The predicted octanol–water partition coefficient (Wildman–Crippen LogP) is 3.32. The van der Waals surface area contributed by atoms with Gasteiger partial charge in [-0.1, -0.05) is 17.7 Å². The molecule has 0 bridgehead atoms. The van der Waals surface area contributed by atoms with E-state index in [9.17, 15) is 4.79 Å². The van der Waals surface area contributed by atoms with Crippen LogP contribution in [0.1, 0.15) is 10.4 Å². The molecule has 0 spiro atoms. The van der Waals surface area contributed by atoms with Crippen LogP contribution in [0, 0.1) is 0 Å². The monoisotopic (exact) mass is 308 g/mol. The normalized spacial score (nSPS) is 11.1. The van der Waals surface area contributed by atoms with Gasteiger partial charge in [0.05, 0.1) is 22.1 Å². The van der Waals surface area contributed by atoms with Crippen LogP contribution in [0.2, 0.25) is 5.02 Å². The van der Waals surface area contributed by atoms with Crippen LogP contribution in [0.5, 0.6) is 0 Å². The van der Waals surface area contributed by atoms with Crippen LogP contribution in [0.25, 0.3) is 22.1 Å². The fourth-order valence-corrected chi connectivity index (χ4v) is 2.53. The Morgan fingerprint density at radius 2 is 1.95 bits per heavy atom. The Morgan fingerprint density at radius 3 is 2.77 bits per heavy atom. The topological polar surface area (TPSA) is 60.7 Å². The van der Waals surface area contributed by atoms with E-state index in [4.69, 9.17) is 11.6 Å². The maximum atomic E-state index is 12.6. The van der Waals surface area contributed by atoms with Gasteiger partial charge in [-0.2, -0.15) is 0 Å². The molecule has 106 valence electrons. The van der Waals surface area contributed by atoms with Gasteiger partial charge in [0, 0.05) is 17.4 Å². The van der Waals surface area contributed by atoms with Gasteiger partial charge in [-0.3, -0.25) is 9.36 Å². The van der Waals surface area contributed by atoms with Gasteiger partial charge in [-0.05, 0) is 30.3 Å². The average Bonchev–Trinajstić information content (AvgIpc) is 3.06. The minimum atomic E-state index is -0.196. The number of aromatic nitrogens is 4. The molecule has 0 aliphatic heterocycles. The molecule has 0 aliphatic rings. The lowest BCUT2D eigenvalue weighted by atomic mass is 10.1. The van der Waals surface area contributed by atoms with Crippen molar-refractivity contribution in [3.63, 3.8) is 0 Å². The number of nitrogens with zero attached hydrogens (tertiary/aromatic N) is 4. The molecule has 0 aliphatic carbocycles. The molecule has 0 N–H and O–H groups in total. The molecule has 22 heavy (non-hydrogen) atoms. The van der Waals surface area contributed by atoms with Crippen molar-refractivity contribution in [2.45, 2.75) is 0 Å². The lowest BCUT2D eigenvalue weighted by Gasteiger charge is -2.06. The Bertz CT molecular complexity index is 1010. The minimum Gasteiger partial charge on any atom is -0.272 e. The molecule has 0 saturated heterocycles. The highest BCUT2D eigenvalue weighted by Gasteiger charge is 2.14. The zero-order valence-corrected chi connectivity index (χ0v) is 12.0. The standard InChI is InChI=1S/C16H9ClN4O/c17-10-4-5-12-14(8-10)20-15-11(2-1-3-13(15)19-12)16(22)21-7-6-18-9-21/h1-9H. The summed E-state index contributed by atoms with van der Waals surface area (Å²) in [5.74, 6) is -0.196. The van der Waals surface area contributed by atoms with Crippen LogP contribution in [0.3, 0.4) is 0 Å². The van der Waals surface area contributed by atoms with Gasteiger partial charge in [0.25, 0.3) is 5.91 Å². The molecule has 0 unspecified atom stereocenters. The summed E-state index contributed by atoms with van der Waals surface area (Å²) in [5, 5.41) is 0.583. The van der Waals surface area contributed by atoms with Crippen molar-refractivity contribution in [2.75, 3.05) is 0 Å². The molecular formula is C16H9ClN4O. The summed E-state index contributed by atoms with van der Waals surface area (Å²) in [7, 11) is 0. The van der Waals surface area contributed by atoms with Crippen molar-refractivity contribution in [3.8, 4) is 0 Å². The van der Waals surface area contributed by atoms with E-state index < -0.39 is 0 Å². The van der Waals surface area contributed by atoms with E-state index in [0.717, 1.165) is 5.52 Å². The maximum absolute atomic E-state index is 12.6. The van der Waals surface area contributed by atoms with E-state index in [-0.39, 0.29) is 5.91 Å². The first kappa shape index (κ1) is 12.9. The van der Waals surface area contributed by atoms with Gasteiger partial charge in [-0.15, -0.1) is 0 Å². The zero-order chi connectivity index (χ0) is 15.1. The molecule has 5 nitrogen and oxygen atoms in total. The molecule has 0 fully saturated rings. The lowest BCUT2D eigenvalue weighted by Crippen LogP contribution is -2.11. The third-order valence-electron chi connectivity index (χ3n) is 3.39. The van der Waals surface area contributed by atoms with Crippen LogP contribution in [-0.4, -0.2) is 25.4 Å². The van der Waals surface area contributed by atoms with Crippen molar-refractivity contribution in [1.82, 2.24) is 19.5 Å². The Kier molecular flexibility index (Phi) is 2.87. The summed E-state index contributed by atoms with van der Waals surface area (Å²) >= 11 is 6.01. The Hall–Kier alpha value is -2.79. The summed E-state index contributed by atoms with van der Waals surface area (Å²) in [4.78, 5) is 25.6. The predicted molar refractivity (Wildman–Crippen MR) is 84.0 cm³/mol. The SMILES string of the molecule is O=C(c1cccc2nc3ccc(Cl)cc3nc12)n1ccnc1. The van der Waals surface area contributed by atoms with Gasteiger partial charge in [0.2, 0.25) is 0 Å². The first-order chi connectivity index (χ1) is 10.7. The summed E-state index contributed by atoms with van der Waals surface area (Å²) in [5.41, 5.74) is 3.09. The number of carbonyl (C=O) groups excluding carboxylic acids is 1. The summed E-state index contributed by atoms with van der Waals surface area (Å²) < 4.78 is 1.42. The third kappa shape index (κ3) is 2.03. The highest BCUT2D eigenvalue weighted by atomic mass is 35.5. The van der Waals surface area contributed by atoms with Crippen molar-refractivity contribution >= 4 is 39.6 Å². The quantitative estimate of drug-likeness (QED) is 0.506. The fourth-order valence-electron chi connectivity index (χ4n) is 2.36. The second-order valence-electron chi connectivity index (χ2n) is 4.81. The molecule has 2 aromatic heterocycles. The Balaban J connectivity index is 2.01. The molecular weight excluding hydrogens is 300 g/mol. The third-order valence-corrected chi connectivity index (χ3v) is 3.63.